The molecule has 64 valence electrons. The van der Waals surface area contributed by atoms with Crippen molar-refractivity contribution in [3.63, 3.8) is 0 Å². The third-order valence-electron chi connectivity index (χ3n) is 1.12. The van der Waals surface area contributed by atoms with Crippen LogP contribution in [0.1, 0.15) is 17.5 Å². The number of Topliss-reactive ketones (excluding diaryl/α,β-unsaturated/α-hetero) is 1. The number of carbonyl (C=O) groups excluding carboxylic acids is 2. The third kappa shape index (κ3) is 1.69. The summed E-state index contributed by atoms with van der Waals surface area (Å²) in [5.74, 6) is -1.84. The Kier molecular flexibility index (Phi) is 2.57. The number of hydrogen-bond acceptors (Lipinski definition) is 5. The Bertz CT molecular complexity index is 278. The van der Waals surface area contributed by atoms with E-state index >= 15 is 0 Å². The van der Waals surface area contributed by atoms with Gasteiger partial charge in [-0.2, -0.15) is 0 Å². The fourth-order valence-electron chi connectivity index (χ4n) is 0.630. The maximum absolute atomic E-state index is 11.0. The van der Waals surface area contributed by atoms with E-state index in [4.69, 9.17) is 0 Å². The van der Waals surface area contributed by atoms with E-state index in [0.717, 1.165) is 0 Å². The second-order valence-electron chi connectivity index (χ2n) is 1.93. The van der Waals surface area contributed by atoms with Crippen molar-refractivity contribution in [2.45, 2.75) is 6.92 Å². The van der Waals surface area contributed by atoms with Crippen LogP contribution in [0.15, 0.2) is 16.8 Å². The lowest BCUT2D eigenvalue weighted by Crippen LogP contribution is -2.16. The van der Waals surface area contributed by atoms with Crippen molar-refractivity contribution >= 4 is 11.8 Å². The van der Waals surface area contributed by atoms with Gasteiger partial charge in [0.25, 0.3) is 0 Å². The van der Waals surface area contributed by atoms with E-state index in [1.54, 1.807) is 6.92 Å². The van der Waals surface area contributed by atoms with Crippen molar-refractivity contribution in [3.8, 4) is 0 Å². The molecule has 12 heavy (non-hydrogen) atoms. The maximum Gasteiger partial charge on any atom is 0.383 e. The van der Waals surface area contributed by atoms with Crippen molar-refractivity contribution in [2.75, 3.05) is 6.61 Å². The van der Waals surface area contributed by atoms with Gasteiger partial charge in [-0.1, -0.05) is 5.16 Å². The number of hydrogen-bond donors (Lipinski definition) is 0. The molecule has 1 aromatic heterocycles. The first kappa shape index (κ1) is 8.45. The molecule has 0 aromatic carbocycles. The van der Waals surface area contributed by atoms with E-state index in [0.29, 0.717) is 0 Å². The van der Waals surface area contributed by atoms with Gasteiger partial charge in [-0.05, 0) is 6.92 Å². The average Bonchev–Trinajstić information content (AvgIpc) is 2.55. The number of nitrogens with zero attached hydrogens (tertiary/aromatic N) is 1. The molecule has 1 aromatic rings. The normalized spacial score (nSPS) is 9.42. The Morgan fingerprint density at radius 2 is 2.42 bits per heavy atom. The molecule has 0 saturated carbocycles. The summed E-state index contributed by atoms with van der Waals surface area (Å²) in [5.41, 5.74) is 0. The molecule has 0 saturated heterocycles. The Balaban J connectivity index is 2.66. The Morgan fingerprint density at radius 1 is 1.67 bits per heavy atom. The molecular formula is C7H7NO4. The molecular weight excluding hydrogens is 162 g/mol. The molecule has 0 amide bonds. The first-order chi connectivity index (χ1) is 5.75. The molecule has 0 atom stereocenters. The van der Waals surface area contributed by atoms with Gasteiger partial charge in [-0.25, -0.2) is 4.79 Å². The van der Waals surface area contributed by atoms with Gasteiger partial charge >= 0.3 is 11.8 Å². The highest BCUT2D eigenvalue weighted by Crippen LogP contribution is 1.99. The first-order valence-corrected chi connectivity index (χ1v) is 3.38. The van der Waals surface area contributed by atoms with E-state index in [1.807, 2.05) is 0 Å². The lowest BCUT2D eigenvalue weighted by atomic mass is 10.3. The van der Waals surface area contributed by atoms with Gasteiger partial charge in [0.1, 0.15) is 0 Å². The van der Waals surface area contributed by atoms with E-state index in [9.17, 15) is 9.59 Å². The summed E-state index contributed by atoms with van der Waals surface area (Å²) in [7, 11) is 0. The highest BCUT2D eigenvalue weighted by molar-refractivity contribution is 6.39. The van der Waals surface area contributed by atoms with Crippen LogP contribution >= 0.6 is 0 Å². The van der Waals surface area contributed by atoms with Crippen LogP contribution in [0.2, 0.25) is 0 Å². The van der Waals surface area contributed by atoms with Gasteiger partial charge in [-0.15, -0.1) is 0 Å². The minimum absolute atomic E-state index is 0.103. The number of rotatable bonds is 3. The fraction of sp³-hybridized carbons (Fsp3) is 0.286. The highest BCUT2D eigenvalue weighted by atomic mass is 16.5. The predicted molar refractivity (Wildman–Crippen MR) is 37.5 cm³/mol. The Morgan fingerprint density at radius 3 is 2.92 bits per heavy atom. The molecule has 5 nitrogen and oxygen atoms in total. The summed E-state index contributed by atoms with van der Waals surface area (Å²) >= 11 is 0. The molecule has 0 spiro atoms. The van der Waals surface area contributed by atoms with Gasteiger partial charge < -0.3 is 9.26 Å². The molecule has 0 fully saturated rings. The minimum atomic E-state index is -0.922. The van der Waals surface area contributed by atoms with Crippen molar-refractivity contribution in [1.82, 2.24) is 5.16 Å². The smallest absolute Gasteiger partial charge is 0.383 e. The van der Waals surface area contributed by atoms with E-state index in [-0.39, 0.29) is 12.4 Å². The van der Waals surface area contributed by atoms with E-state index in [1.165, 1.54) is 12.3 Å². The lowest BCUT2D eigenvalue weighted by molar-refractivity contribution is -0.137. The van der Waals surface area contributed by atoms with Crippen LogP contribution in [0.5, 0.6) is 0 Å². The quantitative estimate of drug-likeness (QED) is 0.372. The monoisotopic (exact) mass is 169 g/mol. The molecule has 0 aliphatic heterocycles. The summed E-state index contributed by atoms with van der Waals surface area (Å²) in [6.07, 6.45) is 1.28. The van der Waals surface area contributed by atoms with Crippen LogP contribution in [0.4, 0.5) is 0 Å². The number of esters is 1. The van der Waals surface area contributed by atoms with Gasteiger partial charge in [0, 0.05) is 6.07 Å². The first-order valence-electron chi connectivity index (χ1n) is 3.38. The topological polar surface area (TPSA) is 69.4 Å². The maximum atomic E-state index is 11.0. The van der Waals surface area contributed by atoms with E-state index in [2.05, 4.69) is 14.4 Å². The largest absolute Gasteiger partial charge is 0.460 e. The van der Waals surface area contributed by atoms with Crippen molar-refractivity contribution in [2.24, 2.45) is 0 Å². The number of ether oxygens (including phenoxy) is 1. The van der Waals surface area contributed by atoms with Gasteiger partial charge in [0.2, 0.25) is 5.76 Å². The zero-order chi connectivity index (χ0) is 8.97. The van der Waals surface area contributed by atoms with Crippen LogP contribution in [-0.4, -0.2) is 23.5 Å². The summed E-state index contributed by atoms with van der Waals surface area (Å²) in [5, 5.41) is 3.28. The van der Waals surface area contributed by atoms with Gasteiger partial charge in [0.15, 0.2) is 0 Å². The molecule has 0 aliphatic carbocycles. The minimum Gasteiger partial charge on any atom is -0.460 e. The van der Waals surface area contributed by atoms with Crippen LogP contribution in [-0.2, 0) is 9.53 Å². The zero-order valence-electron chi connectivity index (χ0n) is 6.44. The van der Waals surface area contributed by atoms with Crippen LogP contribution in [0.3, 0.4) is 0 Å². The molecule has 0 radical (unpaired) electrons. The SMILES string of the molecule is CCOC(=O)C(=O)c1ccno1. The molecule has 0 unspecified atom stereocenters. The van der Waals surface area contributed by atoms with E-state index < -0.39 is 11.8 Å². The Labute approximate surface area is 68.3 Å². The second-order valence-corrected chi connectivity index (χ2v) is 1.93. The summed E-state index contributed by atoms with van der Waals surface area (Å²) < 4.78 is 8.91. The third-order valence-corrected chi connectivity index (χ3v) is 1.12. The predicted octanol–water partition coefficient (Wildman–Crippen LogP) is 0.420. The van der Waals surface area contributed by atoms with Gasteiger partial charge in [0.05, 0.1) is 12.8 Å². The molecule has 1 heterocycles. The zero-order valence-corrected chi connectivity index (χ0v) is 6.44. The summed E-state index contributed by atoms with van der Waals surface area (Å²) in [4.78, 5) is 21.8. The highest BCUT2D eigenvalue weighted by Gasteiger charge is 2.20. The average molecular weight is 169 g/mol. The molecule has 0 aliphatic rings. The number of aromatic nitrogens is 1. The molecule has 1 rings (SSSR count). The molecule has 0 bridgehead atoms. The number of carbonyl (C=O) groups is 2. The summed E-state index contributed by atoms with van der Waals surface area (Å²) in [6, 6.07) is 1.30. The molecule has 5 heteroatoms. The van der Waals surface area contributed by atoms with Gasteiger partial charge in [-0.3, -0.25) is 4.79 Å². The van der Waals surface area contributed by atoms with Crippen LogP contribution < -0.4 is 0 Å². The number of ketones is 1. The van der Waals surface area contributed by atoms with Crippen LogP contribution in [0.25, 0.3) is 0 Å². The fourth-order valence-corrected chi connectivity index (χ4v) is 0.630. The standard InChI is InChI=1S/C7H7NO4/c1-2-11-7(10)6(9)5-3-4-8-12-5/h3-4H,2H2,1H3. The van der Waals surface area contributed by atoms with Crippen molar-refractivity contribution < 1.29 is 18.8 Å². The Hall–Kier alpha value is -1.65. The lowest BCUT2D eigenvalue weighted by Gasteiger charge is -1.95. The van der Waals surface area contributed by atoms with Crippen molar-refractivity contribution in [3.05, 3.63) is 18.0 Å². The van der Waals surface area contributed by atoms with Crippen LogP contribution in [0, 0.1) is 0 Å². The second kappa shape index (κ2) is 3.66. The van der Waals surface area contributed by atoms with Crippen molar-refractivity contribution in [1.29, 1.82) is 0 Å². The molecule has 0 N–H and O–H groups in total. The summed E-state index contributed by atoms with van der Waals surface area (Å²) in [6.45, 7) is 1.78.